The molecule has 82 valence electrons. The van der Waals surface area contributed by atoms with Crippen molar-refractivity contribution in [3.05, 3.63) is 29.8 Å². The Kier molecular flexibility index (Phi) is 4.60. The molecule has 0 atom stereocenters. The van der Waals surface area contributed by atoms with Gasteiger partial charge in [-0.2, -0.15) is 0 Å². The molecule has 1 aromatic rings. The quantitative estimate of drug-likeness (QED) is 0.757. The molecule has 2 N–H and O–H groups in total. The van der Waals surface area contributed by atoms with E-state index in [2.05, 4.69) is 5.32 Å². The molecule has 0 bridgehead atoms. The molecule has 0 heterocycles. The highest BCUT2D eigenvalue weighted by Crippen LogP contribution is 2.11. The SMILES string of the molecule is O=C(O)CCc1cccc(NCCF)c1. The van der Waals surface area contributed by atoms with Crippen LogP contribution in [-0.4, -0.2) is 24.3 Å². The second-order valence-corrected chi connectivity index (χ2v) is 3.21. The van der Waals surface area contributed by atoms with Crippen LogP contribution in [0.3, 0.4) is 0 Å². The number of aliphatic carboxylic acids is 1. The van der Waals surface area contributed by atoms with Gasteiger partial charge >= 0.3 is 5.97 Å². The molecule has 0 aliphatic carbocycles. The average Bonchev–Trinajstić information content (AvgIpc) is 2.24. The van der Waals surface area contributed by atoms with Crippen LogP contribution in [0.2, 0.25) is 0 Å². The van der Waals surface area contributed by atoms with E-state index in [-0.39, 0.29) is 13.0 Å². The minimum Gasteiger partial charge on any atom is -0.481 e. The molecule has 0 fully saturated rings. The van der Waals surface area contributed by atoms with Crippen LogP contribution in [0.15, 0.2) is 24.3 Å². The first-order valence-electron chi connectivity index (χ1n) is 4.83. The van der Waals surface area contributed by atoms with E-state index in [0.29, 0.717) is 6.42 Å². The number of aryl methyl sites for hydroxylation is 1. The van der Waals surface area contributed by atoms with Gasteiger partial charge in [0.25, 0.3) is 0 Å². The topological polar surface area (TPSA) is 49.3 Å². The molecule has 1 aromatic carbocycles. The summed E-state index contributed by atoms with van der Waals surface area (Å²) >= 11 is 0. The number of carboxylic acids is 1. The molecule has 0 unspecified atom stereocenters. The van der Waals surface area contributed by atoms with Crippen molar-refractivity contribution in [3.63, 3.8) is 0 Å². The number of carboxylic acid groups (broad SMARTS) is 1. The molecule has 15 heavy (non-hydrogen) atoms. The summed E-state index contributed by atoms with van der Waals surface area (Å²) in [6.45, 7) is -0.137. The predicted molar refractivity (Wildman–Crippen MR) is 56.9 cm³/mol. The van der Waals surface area contributed by atoms with Gasteiger partial charge in [-0.05, 0) is 24.1 Å². The smallest absolute Gasteiger partial charge is 0.303 e. The number of hydrogen-bond acceptors (Lipinski definition) is 2. The lowest BCUT2D eigenvalue weighted by Crippen LogP contribution is -2.03. The Balaban J connectivity index is 2.53. The number of anilines is 1. The zero-order chi connectivity index (χ0) is 11.1. The largest absolute Gasteiger partial charge is 0.481 e. The Hall–Kier alpha value is -1.58. The van der Waals surface area contributed by atoms with E-state index in [0.717, 1.165) is 11.3 Å². The standard InChI is InChI=1S/C11H14FNO2/c12-6-7-13-10-3-1-2-9(8-10)4-5-11(14)15/h1-3,8,13H,4-7H2,(H,14,15). The van der Waals surface area contributed by atoms with Crippen LogP contribution in [0, 0.1) is 0 Å². The first-order chi connectivity index (χ1) is 7.22. The maximum atomic E-state index is 11.9. The van der Waals surface area contributed by atoms with E-state index >= 15 is 0 Å². The zero-order valence-electron chi connectivity index (χ0n) is 8.37. The van der Waals surface area contributed by atoms with Gasteiger partial charge in [-0.25, -0.2) is 4.39 Å². The van der Waals surface area contributed by atoms with E-state index < -0.39 is 12.6 Å². The Morgan fingerprint density at radius 2 is 2.27 bits per heavy atom. The lowest BCUT2D eigenvalue weighted by atomic mass is 10.1. The van der Waals surface area contributed by atoms with Gasteiger partial charge in [0.2, 0.25) is 0 Å². The van der Waals surface area contributed by atoms with Crippen LogP contribution < -0.4 is 5.32 Å². The van der Waals surface area contributed by atoms with Gasteiger partial charge in [0.1, 0.15) is 6.67 Å². The summed E-state index contributed by atoms with van der Waals surface area (Å²) in [5.41, 5.74) is 1.77. The van der Waals surface area contributed by atoms with Crippen LogP contribution in [-0.2, 0) is 11.2 Å². The lowest BCUT2D eigenvalue weighted by Gasteiger charge is -2.05. The van der Waals surface area contributed by atoms with Crippen LogP contribution in [0.4, 0.5) is 10.1 Å². The normalized spacial score (nSPS) is 9.93. The number of carbonyl (C=O) groups is 1. The summed E-state index contributed by atoms with van der Waals surface area (Å²) in [5, 5.41) is 11.4. The highest BCUT2D eigenvalue weighted by Gasteiger charge is 1.99. The van der Waals surface area contributed by atoms with Crippen molar-refractivity contribution < 1.29 is 14.3 Å². The molecular formula is C11H14FNO2. The average molecular weight is 211 g/mol. The lowest BCUT2D eigenvalue weighted by molar-refractivity contribution is -0.136. The molecule has 0 saturated heterocycles. The summed E-state index contributed by atoms with van der Waals surface area (Å²) in [5.74, 6) is -0.808. The van der Waals surface area contributed by atoms with E-state index in [1.807, 2.05) is 24.3 Å². The van der Waals surface area contributed by atoms with Gasteiger partial charge in [0.05, 0.1) is 0 Å². The molecule has 0 aromatic heterocycles. The number of alkyl halides is 1. The minimum atomic E-state index is -0.808. The highest BCUT2D eigenvalue weighted by atomic mass is 19.1. The number of rotatable bonds is 6. The van der Waals surface area contributed by atoms with Crippen LogP contribution in [0.25, 0.3) is 0 Å². The van der Waals surface area contributed by atoms with E-state index in [1.165, 1.54) is 0 Å². The number of nitrogens with one attached hydrogen (secondary N) is 1. The summed E-state index contributed by atoms with van der Waals surface area (Å²) in [7, 11) is 0. The Morgan fingerprint density at radius 3 is 2.93 bits per heavy atom. The zero-order valence-corrected chi connectivity index (χ0v) is 8.37. The Labute approximate surface area is 87.9 Å². The van der Waals surface area contributed by atoms with Gasteiger partial charge in [0, 0.05) is 18.7 Å². The van der Waals surface area contributed by atoms with Crippen molar-refractivity contribution in [2.24, 2.45) is 0 Å². The van der Waals surface area contributed by atoms with Crippen molar-refractivity contribution in [2.75, 3.05) is 18.5 Å². The fraction of sp³-hybridized carbons (Fsp3) is 0.364. The number of hydrogen-bond donors (Lipinski definition) is 2. The van der Waals surface area contributed by atoms with Gasteiger partial charge < -0.3 is 10.4 Å². The third kappa shape index (κ3) is 4.44. The predicted octanol–water partition coefficient (Wildman–Crippen LogP) is 2.09. The van der Waals surface area contributed by atoms with Crippen LogP contribution in [0.5, 0.6) is 0 Å². The van der Waals surface area contributed by atoms with Gasteiger partial charge in [-0.15, -0.1) is 0 Å². The fourth-order valence-electron chi connectivity index (χ4n) is 1.28. The molecular weight excluding hydrogens is 197 g/mol. The molecule has 0 aliphatic rings. The molecule has 0 amide bonds. The maximum Gasteiger partial charge on any atom is 0.303 e. The molecule has 0 spiro atoms. The first-order valence-corrected chi connectivity index (χ1v) is 4.83. The Bertz CT molecular complexity index is 328. The second kappa shape index (κ2) is 6.01. The molecule has 0 radical (unpaired) electrons. The van der Waals surface area contributed by atoms with Crippen LogP contribution >= 0.6 is 0 Å². The molecule has 3 nitrogen and oxygen atoms in total. The summed E-state index contributed by atoms with van der Waals surface area (Å²) in [6.07, 6.45) is 0.618. The summed E-state index contributed by atoms with van der Waals surface area (Å²) < 4.78 is 11.9. The van der Waals surface area contributed by atoms with Crippen molar-refractivity contribution >= 4 is 11.7 Å². The van der Waals surface area contributed by atoms with Crippen LogP contribution in [0.1, 0.15) is 12.0 Å². The summed E-state index contributed by atoms with van der Waals surface area (Å²) in [4.78, 5) is 10.4. The van der Waals surface area contributed by atoms with Gasteiger partial charge in [0.15, 0.2) is 0 Å². The summed E-state index contributed by atoms with van der Waals surface area (Å²) in [6, 6.07) is 7.37. The number of benzene rings is 1. The first kappa shape index (κ1) is 11.5. The van der Waals surface area contributed by atoms with E-state index in [1.54, 1.807) is 0 Å². The fourth-order valence-corrected chi connectivity index (χ4v) is 1.28. The molecule has 0 aliphatic heterocycles. The third-order valence-corrected chi connectivity index (χ3v) is 1.98. The van der Waals surface area contributed by atoms with E-state index in [9.17, 15) is 9.18 Å². The minimum absolute atomic E-state index is 0.118. The van der Waals surface area contributed by atoms with Crippen molar-refractivity contribution in [1.29, 1.82) is 0 Å². The van der Waals surface area contributed by atoms with E-state index in [4.69, 9.17) is 5.11 Å². The molecule has 0 saturated carbocycles. The van der Waals surface area contributed by atoms with Gasteiger partial charge in [-0.3, -0.25) is 4.79 Å². The van der Waals surface area contributed by atoms with Crippen molar-refractivity contribution in [2.45, 2.75) is 12.8 Å². The second-order valence-electron chi connectivity index (χ2n) is 3.21. The van der Waals surface area contributed by atoms with Gasteiger partial charge in [-0.1, -0.05) is 12.1 Å². The third-order valence-electron chi connectivity index (χ3n) is 1.98. The highest BCUT2D eigenvalue weighted by molar-refractivity contribution is 5.67. The molecule has 1 rings (SSSR count). The maximum absolute atomic E-state index is 11.9. The number of halogens is 1. The Morgan fingerprint density at radius 1 is 1.47 bits per heavy atom. The van der Waals surface area contributed by atoms with Crippen molar-refractivity contribution in [3.8, 4) is 0 Å². The molecule has 4 heteroatoms. The monoisotopic (exact) mass is 211 g/mol. The van der Waals surface area contributed by atoms with Crippen molar-refractivity contribution in [1.82, 2.24) is 0 Å².